The van der Waals surface area contributed by atoms with Gasteiger partial charge in [0.15, 0.2) is 0 Å². The zero-order valence-electron chi connectivity index (χ0n) is 38.1. The average Bonchev–Trinajstić information content (AvgIpc) is 3.49. The van der Waals surface area contributed by atoms with Crippen LogP contribution in [0.25, 0.3) is 65.3 Å². The smallest absolute Gasteiger partial charge is 0.343 e. The third-order valence-corrected chi connectivity index (χ3v) is 14.0. The molecule has 9 aromatic carbocycles. The second-order valence-corrected chi connectivity index (χ2v) is 19.2. The number of ether oxygens (including phenoxy) is 2. The van der Waals surface area contributed by atoms with Crippen LogP contribution in [0.2, 0.25) is 0 Å². The van der Waals surface area contributed by atoms with Crippen molar-refractivity contribution in [2.24, 2.45) is 0 Å². The first-order valence-electron chi connectivity index (χ1n) is 22.2. The maximum absolute atomic E-state index is 14.1. The van der Waals surface area contributed by atoms with Gasteiger partial charge in [0.1, 0.15) is 5.75 Å². The molecule has 1 unspecified atom stereocenters. The number of rotatable bonds is 6. The minimum absolute atomic E-state index is 0.116. The minimum Gasteiger partial charge on any atom is -0.465 e. The number of benzene rings is 9. The van der Waals surface area contributed by atoms with Crippen molar-refractivity contribution in [1.29, 1.82) is 0 Å². The highest BCUT2D eigenvalue weighted by atomic mass is 16.5. The van der Waals surface area contributed by atoms with E-state index in [2.05, 4.69) is 146 Å². The summed E-state index contributed by atoms with van der Waals surface area (Å²) in [5, 5.41) is 9.52. The Morgan fingerprint density at radius 2 is 1.09 bits per heavy atom. The van der Waals surface area contributed by atoms with E-state index in [9.17, 15) is 9.59 Å². The van der Waals surface area contributed by atoms with Crippen LogP contribution in [0.3, 0.4) is 0 Å². The maximum atomic E-state index is 14.1. The third kappa shape index (κ3) is 6.75. The Hall–Kier alpha value is -7.04. The largest absolute Gasteiger partial charge is 0.465 e. The summed E-state index contributed by atoms with van der Waals surface area (Å²) in [6.45, 7) is 17.4. The fourth-order valence-electron chi connectivity index (χ4n) is 10.9. The van der Waals surface area contributed by atoms with E-state index in [4.69, 9.17) is 9.47 Å². The van der Waals surface area contributed by atoms with Crippen molar-refractivity contribution in [3.63, 3.8) is 0 Å². The lowest BCUT2D eigenvalue weighted by atomic mass is 9.75. The van der Waals surface area contributed by atoms with Crippen LogP contribution >= 0.6 is 0 Å². The molecule has 0 aromatic heterocycles. The Balaban J connectivity index is 1.02. The van der Waals surface area contributed by atoms with Gasteiger partial charge in [-0.15, -0.1) is 0 Å². The van der Waals surface area contributed by atoms with Gasteiger partial charge in [0.25, 0.3) is 0 Å². The van der Waals surface area contributed by atoms with Gasteiger partial charge in [-0.3, -0.25) is 0 Å². The Morgan fingerprint density at radius 3 is 1.75 bits per heavy atom. The molecule has 0 radical (unpaired) electrons. The summed E-state index contributed by atoms with van der Waals surface area (Å²) in [5.41, 5.74) is 14.6. The molecule has 0 aliphatic heterocycles. The number of esters is 2. The fraction of sp³-hybridized carbons (Fsp3) is 0.200. The summed E-state index contributed by atoms with van der Waals surface area (Å²) in [6.07, 6.45) is 0.857. The second-order valence-electron chi connectivity index (χ2n) is 19.2. The zero-order valence-corrected chi connectivity index (χ0v) is 38.1. The first kappa shape index (κ1) is 41.0. The van der Waals surface area contributed by atoms with Crippen molar-refractivity contribution in [2.75, 3.05) is 7.11 Å². The lowest BCUT2D eigenvalue weighted by molar-refractivity contribution is 0.0600. The molecule has 316 valence electrons. The number of methoxy groups -OCH3 is 1. The molecule has 4 nitrogen and oxygen atoms in total. The summed E-state index contributed by atoms with van der Waals surface area (Å²) >= 11 is 0. The molecule has 10 rings (SSSR count). The topological polar surface area (TPSA) is 52.6 Å². The zero-order chi connectivity index (χ0) is 44.8. The quantitative estimate of drug-likeness (QED) is 0.0951. The number of hydrogen-bond acceptors (Lipinski definition) is 4. The van der Waals surface area contributed by atoms with Crippen LogP contribution in [-0.4, -0.2) is 19.0 Å². The average molecular weight is 837 g/mol. The Kier molecular flexibility index (Phi) is 9.64. The highest BCUT2D eigenvalue weighted by molar-refractivity contribution is 6.22. The van der Waals surface area contributed by atoms with Crippen LogP contribution in [-0.2, 0) is 15.6 Å². The van der Waals surface area contributed by atoms with E-state index in [1.807, 2.05) is 49.4 Å². The molecule has 0 heterocycles. The van der Waals surface area contributed by atoms with Crippen molar-refractivity contribution in [3.8, 4) is 28.0 Å². The van der Waals surface area contributed by atoms with Gasteiger partial charge in [-0.1, -0.05) is 128 Å². The summed E-state index contributed by atoms with van der Waals surface area (Å²) < 4.78 is 11.2. The van der Waals surface area contributed by atoms with Gasteiger partial charge in [0.05, 0.1) is 18.2 Å². The minimum atomic E-state index is -0.393. The summed E-state index contributed by atoms with van der Waals surface area (Å²) in [7, 11) is 1.39. The molecule has 0 bridgehead atoms. The summed E-state index contributed by atoms with van der Waals surface area (Å²) in [5.74, 6) is -0.214. The molecule has 0 amide bonds. The summed E-state index contributed by atoms with van der Waals surface area (Å²) in [6, 6.07) is 49.6. The number of carbonyl (C=O) groups excluding carboxylic acids is 2. The van der Waals surface area contributed by atoms with E-state index in [0.717, 1.165) is 39.4 Å². The van der Waals surface area contributed by atoms with Crippen LogP contribution in [0.1, 0.15) is 92.4 Å². The van der Waals surface area contributed by atoms with Gasteiger partial charge in [0.2, 0.25) is 0 Å². The van der Waals surface area contributed by atoms with Gasteiger partial charge >= 0.3 is 11.9 Å². The highest BCUT2D eigenvalue weighted by Gasteiger charge is 2.46. The molecule has 0 saturated heterocycles. The monoisotopic (exact) mass is 836 g/mol. The third-order valence-electron chi connectivity index (χ3n) is 14.0. The second kappa shape index (κ2) is 15.1. The van der Waals surface area contributed by atoms with Crippen molar-refractivity contribution >= 4 is 55.0 Å². The fourth-order valence-corrected chi connectivity index (χ4v) is 10.9. The van der Waals surface area contributed by atoms with E-state index in [-0.39, 0.29) is 16.8 Å². The SMILES string of the molecule is COC(=O)c1ccc(C2(C)CC(C)(C)c3ccc(C(=O)Oc4cc5ccc(-c6c7ccc(C)cc7c(-c7ccc8cc(C)cc(C)c8c7)c7ccc(C)cc67)cc5cc4C)cc32)cc1. The molecule has 1 aliphatic rings. The molecule has 1 atom stereocenters. The molecule has 0 saturated carbocycles. The van der Waals surface area contributed by atoms with Crippen LogP contribution in [0, 0.1) is 34.6 Å². The van der Waals surface area contributed by atoms with Gasteiger partial charge < -0.3 is 9.47 Å². The van der Waals surface area contributed by atoms with Crippen molar-refractivity contribution in [1.82, 2.24) is 0 Å². The number of carbonyl (C=O) groups is 2. The molecular weight excluding hydrogens is 785 g/mol. The van der Waals surface area contributed by atoms with Gasteiger partial charge in [0, 0.05) is 5.41 Å². The number of aryl methyl sites for hydroxylation is 5. The molecule has 0 spiro atoms. The molecule has 64 heavy (non-hydrogen) atoms. The van der Waals surface area contributed by atoms with E-state index in [1.54, 1.807) is 0 Å². The van der Waals surface area contributed by atoms with E-state index < -0.39 is 5.97 Å². The van der Waals surface area contributed by atoms with Crippen molar-refractivity contribution in [3.05, 3.63) is 195 Å². The number of fused-ring (bicyclic) bond motifs is 5. The molecule has 4 heteroatoms. The van der Waals surface area contributed by atoms with Gasteiger partial charge in [-0.05, 0) is 188 Å². The predicted octanol–water partition coefficient (Wildman–Crippen LogP) is 15.2. The van der Waals surface area contributed by atoms with E-state index in [0.29, 0.717) is 16.9 Å². The number of hydrogen-bond donors (Lipinski definition) is 0. The lowest BCUT2D eigenvalue weighted by Gasteiger charge is -2.28. The van der Waals surface area contributed by atoms with Gasteiger partial charge in [-0.25, -0.2) is 9.59 Å². The van der Waals surface area contributed by atoms with Crippen LogP contribution in [0.4, 0.5) is 0 Å². The molecular formula is C60H52O4. The van der Waals surface area contributed by atoms with Crippen LogP contribution < -0.4 is 4.74 Å². The van der Waals surface area contributed by atoms with Gasteiger partial charge in [-0.2, -0.15) is 0 Å². The standard InChI is InChI=1S/C60H52O4/c1-34-11-22-48-50(26-34)55(47-21-10-35(2)27-51(47)56(48)43-15-13-41-25-36(3)24-37(4)49(41)30-43)42-14-12-40-32-54(38(5)28-45(40)29-42)64-58(62)44-18-23-52-53(31-44)60(8,33-59(52,6)7)46-19-16-39(17-20-46)57(61)63-9/h10-32H,33H2,1-9H3. The lowest BCUT2D eigenvalue weighted by Crippen LogP contribution is -2.23. The van der Waals surface area contributed by atoms with Crippen molar-refractivity contribution in [2.45, 2.75) is 72.6 Å². The first-order valence-corrected chi connectivity index (χ1v) is 22.2. The van der Waals surface area contributed by atoms with E-state index in [1.165, 1.54) is 83.9 Å². The molecule has 0 N–H and O–H groups in total. The molecule has 0 fully saturated rings. The molecule has 9 aromatic rings. The highest BCUT2D eigenvalue weighted by Crippen LogP contribution is 2.53. The Bertz CT molecular complexity index is 3440. The Morgan fingerprint density at radius 1 is 0.469 bits per heavy atom. The summed E-state index contributed by atoms with van der Waals surface area (Å²) in [4.78, 5) is 26.2. The predicted molar refractivity (Wildman–Crippen MR) is 264 cm³/mol. The van der Waals surface area contributed by atoms with E-state index >= 15 is 0 Å². The van der Waals surface area contributed by atoms with Crippen LogP contribution in [0.5, 0.6) is 5.75 Å². The normalized spacial score (nSPS) is 15.5. The maximum Gasteiger partial charge on any atom is 0.343 e. The van der Waals surface area contributed by atoms with Crippen molar-refractivity contribution < 1.29 is 19.1 Å². The first-order chi connectivity index (χ1) is 30.6. The Labute approximate surface area is 375 Å². The van der Waals surface area contributed by atoms with Crippen LogP contribution in [0.15, 0.2) is 140 Å². The molecule has 1 aliphatic carbocycles.